The highest BCUT2D eigenvalue weighted by Gasteiger charge is 2.35. The molecule has 0 bridgehead atoms. The molecule has 1 heterocycles. The summed E-state index contributed by atoms with van der Waals surface area (Å²) in [5.74, 6) is -2.31. The number of hydrogen-bond acceptors (Lipinski definition) is 5. The molecule has 0 aromatic heterocycles. The highest BCUT2D eigenvalue weighted by molar-refractivity contribution is 5.81. The number of benzene rings is 1. The second-order valence-electron chi connectivity index (χ2n) is 4.26. The van der Waals surface area contributed by atoms with Crippen LogP contribution < -0.4 is 10.1 Å². The van der Waals surface area contributed by atoms with Gasteiger partial charge in [0.25, 0.3) is 0 Å². The Hall–Kier alpha value is -2.28. The van der Waals surface area contributed by atoms with Gasteiger partial charge in [-0.15, -0.1) is 0 Å². The van der Waals surface area contributed by atoms with Crippen LogP contribution >= 0.6 is 0 Å². The number of phenols is 1. The summed E-state index contributed by atoms with van der Waals surface area (Å²) in [4.78, 5) is 22.2. The fourth-order valence-electron chi connectivity index (χ4n) is 2.17. The molecule has 0 fully saturated rings. The molecule has 0 radical (unpaired) electrons. The maximum Gasteiger partial charge on any atom is 0.325 e. The first-order valence-corrected chi connectivity index (χ1v) is 5.55. The van der Waals surface area contributed by atoms with Crippen LogP contribution in [0.5, 0.6) is 11.5 Å². The van der Waals surface area contributed by atoms with Crippen molar-refractivity contribution in [2.24, 2.45) is 0 Å². The standard InChI is InChI=1S/C12H13NO6/c1-19-9-3-5-2-7(11(15)16)13-10(12(17)18)6(5)4-8(9)14/h3-4,7,10,13-14H,2H2,1H3,(H,15,16)(H,17,18)/t7-,10-/m0/s1. The Bertz CT molecular complexity index is 541. The number of nitrogens with one attached hydrogen (secondary N) is 1. The molecular weight excluding hydrogens is 254 g/mol. The monoisotopic (exact) mass is 267 g/mol. The molecule has 0 unspecified atom stereocenters. The molecule has 0 spiro atoms. The van der Waals surface area contributed by atoms with Crippen molar-refractivity contribution in [3.8, 4) is 11.5 Å². The molecule has 0 saturated heterocycles. The van der Waals surface area contributed by atoms with Crippen molar-refractivity contribution < 1.29 is 29.6 Å². The number of hydrogen-bond donors (Lipinski definition) is 4. The Morgan fingerprint density at radius 1 is 1.32 bits per heavy atom. The van der Waals surface area contributed by atoms with E-state index in [2.05, 4.69) is 5.32 Å². The number of ether oxygens (including phenoxy) is 1. The second kappa shape index (κ2) is 4.77. The molecule has 1 aliphatic heterocycles. The van der Waals surface area contributed by atoms with E-state index in [1.807, 2.05) is 0 Å². The quantitative estimate of drug-likeness (QED) is 0.614. The molecule has 102 valence electrons. The summed E-state index contributed by atoms with van der Waals surface area (Å²) in [6.45, 7) is 0. The average Bonchev–Trinajstić information content (AvgIpc) is 2.36. The molecule has 2 rings (SSSR count). The molecule has 0 amide bonds. The summed E-state index contributed by atoms with van der Waals surface area (Å²) in [7, 11) is 1.37. The minimum Gasteiger partial charge on any atom is -0.504 e. The third-order valence-corrected chi connectivity index (χ3v) is 3.09. The zero-order chi connectivity index (χ0) is 14.2. The van der Waals surface area contributed by atoms with Crippen LogP contribution in [0.2, 0.25) is 0 Å². The van der Waals surface area contributed by atoms with Gasteiger partial charge in [0.1, 0.15) is 12.1 Å². The van der Waals surface area contributed by atoms with Crippen LogP contribution in [0.25, 0.3) is 0 Å². The zero-order valence-electron chi connectivity index (χ0n) is 10.1. The molecule has 7 nitrogen and oxygen atoms in total. The number of carbonyl (C=O) groups is 2. The Morgan fingerprint density at radius 2 is 2.00 bits per heavy atom. The first kappa shape index (κ1) is 13.2. The lowest BCUT2D eigenvalue weighted by Crippen LogP contribution is -2.47. The van der Waals surface area contributed by atoms with Crippen molar-refractivity contribution >= 4 is 11.9 Å². The van der Waals surface area contributed by atoms with Crippen LogP contribution in [0.4, 0.5) is 0 Å². The van der Waals surface area contributed by atoms with Crippen molar-refractivity contribution in [3.63, 3.8) is 0 Å². The predicted molar refractivity (Wildman–Crippen MR) is 63.3 cm³/mol. The van der Waals surface area contributed by atoms with Gasteiger partial charge in [-0.25, -0.2) is 0 Å². The molecule has 0 saturated carbocycles. The van der Waals surface area contributed by atoms with Crippen LogP contribution in [0.3, 0.4) is 0 Å². The van der Waals surface area contributed by atoms with Gasteiger partial charge >= 0.3 is 11.9 Å². The summed E-state index contributed by atoms with van der Waals surface area (Å²) >= 11 is 0. The van der Waals surface area contributed by atoms with E-state index < -0.39 is 24.0 Å². The van der Waals surface area contributed by atoms with E-state index in [1.54, 1.807) is 0 Å². The van der Waals surface area contributed by atoms with Crippen LogP contribution in [-0.4, -0.2) is 40.4 Å². The Balaban J connectivity index is 2.51. The highest BCUT2D eigenvalue weighted by Crippen LogP contribution is 2.35. The summed E-state index contributed by atoms with van der Waals surface area (Å²) in [6, 6.07) is 0.611. The van der Waals surface area contributed by atoms with E-state index in [1.165, 1.54) is 19.2 Å². The number of aromatic hydroxyl groups is 1. The van der Waals surface area contributed by atoms with Gasteiger partial charge < -0.3 is 20.1 Å². The number of carboxylic acids is 2. The van der Waals surface area contributed by atoms with E-state index in [-0.39, 0.29) is 17.9 Å². The van der Waals surface area contributed by atoms with Gasteiger partial charge in [-0.2, -0.15) is 0 Å². The minimum absolute atomic E-state index is 0.130. The molecule has 0 aliphatic carbocycles. The first-order valence-electron chi connectivity index (χ1n) is 5.55. The van der Waals surface area contributed by atoms with Gasteiger partial charge in [0, 0.05) is 0 Å². The fraction of sp³-hybridized carbons (Fsp3) is 0.333. The Kier molecular flexibility index (Phi) is 3.30. The summed E-state index contributed by atoms with van der Waals surface area (Å²) in [6.07, 6.45) is 0.130. The third-order valence-electron chi connectivity index (χ3n) is 3.09. The van der Waals surface area contributed by atoms with Crippen molar-refractivity contribution in [3.05, 3.63) is 23.3 Å². The maximum atomic E-state index is 11.2. The van der Waals surface area contributed by atoms with Crippen LogP contribution in [-0.2, 0) is 16.0 Å². The summed E-state index contributed by atoms with van der Waals surface area (Å²) < 4.78 is 4.94. The van der Waals surface area contributed by atoms with E-state index in [4.69, 9.17) is 14.9 Å². The van der Waals surface area contributed by atoms with Gasteiger partial charge in [0.2, 0.25) is 0 Å². The molecule has 4 N–H and O–H groups in total. The fourth-order valence-corrected chi connectivity index (χ4v) is 2.17. The number of phenolic OH excluding ortho intramolecular Hbond substituents is 1. The normalized spacial score (nSPS) is 21.5. The predicted octanol–water partition coefficient (Wildman–Crippen LogP) is 0.125. The van der Waals surface area contributed by atoms with Gasteiger partial charge in [0.15, 0.2) is 11.5 Å². The first-order chi connectivity index (χ1) is 8.93. The van der Waals surface area contributed by atoms with E-state index in [0.717, 1.165) is 0 Å². The van der Waals surface area contributed by atoms with Crippen LogP contribution in [0.1, 0.15) is 17.2 Å². The van der Waals surface area contributed by atoms with Crippen molar-refractivity contribution in [1.82, 2.24) is 5.32 Å². The van der Waals surface area contributed by atoms with Gasteiger partial charge in [-0.05, 0) is 29.7 Å². The molecule has 1 aliphatic rings. The largest absolute Gasteiger partial charge is 0.504 e. The Morgan fingerprint density at radius 3 is 2.53 bits per heavy atom. The summed E-state index contributed by atoms with van der Waals surface area (Å²) in [5.41, 5.74) is 0.886. The lowest BCUT2D eigenvalue weighted by Gasteiger charge is -2.29. The molecule has 1 aromatic carbocycles. The SMILES string of the molecule is COc1cc2c(cc1O)[C@@H](C(=O)O)N[C@H](C(=O)O)C2. The molecule has 2 atom stereocenters. The topological polar surface area (TPSA) is 116 Å². The van der Waals surface area contributed by atoms with Crippen LogP contribution in [0.15, 0.2) is 12.1 Å². The average molecular weight is 267 g/mol. The van der Waals surface area contributed by atoms with Gasteiger partial charge in [0.05, 0.1) is 7.11 Å². The smallest absolute Gasteiger partial charge is 0.325 e. The number of carboxylic acid groups (broad SMARTS) is 2. The molecule has 1 aromatic rings. The second-order valence-corrected chi connectivity index (χ2v) is 4.26. The number of aliphatic carboxylic acids is 2. The van der Waals surface area contributed by atoms with Crippen LogP contribution in [0, 0.1) is 0 Å². The van der Waals surface area contributed by atoms with Gasteiger partial charge in [-0.1, -0.05) is 0 Å². The van der Waals surface area contributed by atoms with Crippen molar-refractivity contribution in [1.29, 1.82) is 0 Å². The molecule has 19 heavy (non-hydrogen) atoms. The van der Waals surface area contributed by atoms with Crippen molar-refractivity contribution in [2.75, 3.05) is 7.11 Å². The van der Waals surface area contributed by atoms with E-state index >= 15 is 0 Å². The van der Waals surface area contributed by atoms with E-state index in [0.29, 0.717) is 11.1 Å². The van der Waals surface area contributed by atoms with E-state index in [9.17, 15) is 14.7 Å². The lowest BCUT2D eigenvalue weighted by molar-refractivity contribution is -0.143. The number of fused-ring (bicyclic) bond motifs is 1. The van der Waals surface area contributed by atoms with Crippen molar-refractivity contribution in [2.45, 2.75) is 18.5 Å². The Labute approximate surface area is 108 Å². The molecule has 7 heteroatoms. The van der Waals surface area contributed by atoms with Gasteiger partial charge in [-0.3, -0.25) is 14.9 Å². The third kappa shape index (κ3) is 2.32. The zero-order valence-corrected chi connectivity index (χ0v) is 10.1. The lowest BCUT2D eigenvalue weighted by atomic mass is 9.89. The highest BCUT2D eigenvalue weighted by atomic mass is 16.5. The summed E-state index contributed by atoms with van der Waals surface area (Å²) in [5, 5.41) is 30.3. The minimum atomic E-state index is -1.20. The molecular formula is C12H13NO6. The maximum absolute atomic E-state index is 11.2. The number of methoxy groups -OCH3 is 1. The number of rotatable bonds is 3.